The van der Waals surface area contributed by atoms with Gasteiger partial charge in [-0.15, -0.1) is 11.3 Å². The number of carbonyl (C=O) groups is 1. The zero-order valence-corrected chi connectivity index (χ0v) is 12.6. The lowest BCUT2D eigenvalue weighted by Crippen LogP contribution is -2.26. The smallest absolute Gasteiger partial charge is 0.268 e. The molecule has 2 aromatic rings. The van der Waals surface area contributed by atoms with Crippen LogP contribution in [0.3, 0.4) is 0 Å². The SMILES string of the molecule is Cc1cc(C(=O)N(C)c2cc(Cl)ccc2N)sc1C. The number of nitrogens with two attached hydrogens (primary N) is 1. The number of benzene rings is 1. The van der Waals surface area contributed by atoms with Crippen LogP contribution in [0.25, 0.3) is 0 Å². The average Bonchev–Trinajstić information content (AvgIpc) is 2.71. The Bertz CT molecular complexity index is 617. The van der Waals surface area contributed by atoms with E-state index in [0.29, 0.717) is 21.3 Å². The van der Waals surface area contributed by atoms with E-state index in [9.17, 15) is 4.79 Å². The van der Waals surface area contributed by atoms with Crippen LogP contribution in [0.2, 0.25) is 5.02 Å². The number of anilines is 2. The van der Waals surface area contributed by atoms with Crippen molar-refractivity contribution in [2.24, 2.45) is 0 Å². The molecular formula is C14H15ClN2OS. The normalized spacial score (nSPS) is 10.5. The van der Waals surface area contributed by atoms with Crippen molar-refractivity contribution >= 4 is 40.2 Å². The maximum Gasteiger partial charge on any atom is 0.268 e. The van der Waals surface area contributed by atoms with Crippen LogP contribution in [0, 0.1) is 13.8 Å². The number of aryl methyl sites for hydroxylation is 2. The number of nitrogen functional groups attached to an aromatic ring is 1. The molecule has 5 heteroatoms. The first-order valence-electron chi connectivity index (χ1n) is 5.80. The molecule has 0 saturated carbocycles. The number of hydrogen-bond donors (Lipinski definition) is 1. The maximum absolute atomic E-state index is 12.4. The molecule has 100 valence electrons. The molecule has 1 aromatic heterocycles. The molecule has 1 heterocycles. The summed E-state index contributed by atoms with van der Waals surface area (Å²) in [5, 5.41) is 0.558. The highest BCUT2D eigenvalue weighted by atomic mass is 35.5. The van der Waals surface area contributed by atoms with Gasteiger partial charge in [0.2, 0.25) is 0 Å². The summed E-state index contributed by atoms with van der Waals surface area (Å²) in [5.41, 5.74) is 8.18. The Hall–Kier alpha value is -1.52. The van der Waals surface area contributed by atoms with Gasteiger partial charge in [-0.2, -0.15) is 0 Å². The molecule has 0 aliphatic heterocycles. The Kier molecular flexibility index (Phi) is 3.83. The van der Waals surface area contributed by atoms with Crippen molar-refractivity contribution in [2.45, 2.75) is 13.8 Å². The number of halogens is 1. The van der Waals surface area contributed by atoms with Crippen LogP contribution in [0.4, 0.5) is 11.4 Å². The molecule has 3 nitrogen and oxygen atoms in total. The van der Waals surface area contributed by atoms with Crippen molar-refractivity contribution < 1.29 is 4.79 Å². The molecule has 0 unspecified atom stereocenters. The summed E-state index contributed by atoms with van der Waals surface area (Å²) in [6.07, 6.45) is 0. The molecule has 2 rings (SSSR count). The number of amides is 1. The minimum atomic E-state index is -0.0739. The van der Waals surface area contributed by atoms with Gasteiger partial charge in [0.1, 0.15) is 0 Å². The van der Waals surface area contributed by atoms with Crippen molar-refractivity contribution in [1.82, 2.24) is 0 Å². The lowest BCUT2D eigenvalue weighted by atomic mass is 10.2. The topological polar surface area (TPSA) is 46.3 Å². The second-order valence-electron chi connectivity index (χ2n) is 4.42. The molecule has 0 radical (unpaired) electrons. The quantitative estimate of drug-likeness (QED) is 0.855. The fourth-order valence-electron chi connectivity index (χ4n) is 1.76. The van der Waals surface area contributed by atoms with E-state index in [-0.39, 0.29) is 5.91 Å². The van der Waals surface area contributed by atoms with Crippen LogP contribution in [0.15, 0.2) is 24.3 Å². The maximum atomic E-state index is 12.4. The highest BCUT2D eigenvalue weighted by molar-refractivity contribution is 7.14. The van der Waals surface area contributed by atoms with E-state index in [1.165, 1.54) is 16.2 Å². The summed E-state index contributed by atoms with van der Waals surface area (Å²) in [6.45, 7) is 4.00. The highest BCUT2D eigenvalue weighted by Gasteiger charge is 2.18. The Labute approximate surface area is 121 Å². The zero-order chi connectivity index (χ0) is 14.2. The molecule has 0 atom stereocenters. The van der Waals surface area contributed by atoms with E-state index in [0.717, 1.165) is 10.4 Å². The van der Waals surface area contributed by atoms with Crippen molar-refractivity contribution in [3.63, 3.8) is 0 Å². The van der Waals surface area contributed by atoms with Crippen LogP contribution in [-0.4, -0.2) is 13.0 Å². The summed E-state index contributed by atoms with van der Waals surface area (Å²) in [4.78, 5) is 15.8. The third-order valence-electron chi connectivity index (χ3n) is 3.04. The van der Waals surface area contributed by atoms with E-state index in [4.69, 9.17) is 17.3 Å². The van der Waals surface area contributed by atoms with E-state index >= 15 is 0 Å². The number of carbonyl (C=O) groups excluding carboxylic acids is 1. The van der Waals surface area contributed by atoms with Crippen molar-refractivity contribution in [1.29, 1.82) is 0 Å². The first kappa shape index (κ1) is 13.9. The summed E-state index contributed by atoms with van der Waals surface area (Å²) >= 11 is 7.44. The lowest BCUT2D eigenvalue weighted by Gasteiger charge is -2.18. The van der Waals surface area contributed by atoms with Gasteiger partial charge in [0, 0.05) is 16.9 Å². The van der Waals surface area contributed by atoms with Crippen LogP contribution in [-0.2, 0) is 0 Å². The molecular weight excluding hydrogens is 280 g/mol. The van der Waals surface area contributed by atoms with Crippen LogP contribution in [0.5, 0.6) is 0 Å². The second-order valence-corrected chi connectivity index (χ2v) is 6.11. The van der Waals surface area contributed by atoms with Gasteiger partial charge in [0.25, 0.3) is 5.91 Å². The van der Waals surface area contributed by atoms with E-state index < -0.39 is 0 Å². The predicted octanol–water partition coefficient (Wildman–Crippen LogP) is 3.88. The summed E-state index contributed by atoms with van der Waals surface area (Å²) in [6, 6.07) is 7.01. The zero-order valence-electron chi connectivity index (χ0n) is 11.0. The Morgan fingerprint density at radius 2 is 2.00 bits per heavy atom. The fraction of sp³-hybridized carbons (Fsp3) is 0.214. The van der Waals surface area contributed by atoms with Crippen LogP contribution < -0.4 is 10.6 Å². The minimum Gasteiger partial charge on any atom is -0.397 e. The van der Waals surface area contributed by atoms with E-state index in [1.807, 2.05) is 19.9 Å². The standard InChI is InChI=1S/C14H15ClN2OS/c1-8-6-13(19-9(8)2)14(18)17(3)12-7-10(15)4-5-11(12)16/h4-7H,16H2,1-3H3. The monoisotopic (exact) mass is 294 g/mol. The molecule has 2 N–H and O–H groups in total. The van der Waals surface area contributed by atoms with Gasteiger partial charge in [0.15, 0.2) is 0 Å². The number of nitrogens with zero attached hydrogens (tertiary/aromatic N) is 1. The Morgan fingerprint density at radius 3 is 2.58 bits per heavy atom. The van der Waals surface area contributed by atoms with Gasteiger partial charge in [-0.25, -0.2) is 0 Å². The Balaban J connectivity index is 2.35. The average molecular weight is 295 g/mol. The van der Waals surface area contributed by atoms with Gasteiger partial charge in [-0.1, -0.05) is 11.6 Å². The summed E-state index contributed by atoms with van der Waals surface area (Å²) < 4.78 is 0. The first-order valence-corrected chi connectivity index (χ1v) is 6.99. The molecule has 0 bridgehead atoms. The molecule has 1 aromatic carbocycles. The minimum absolute atomic E-state index is 0.0739. The third kappa shape index (κ3) is 2.74. The van der Waals surface area contributed by atoms with Gasteiger partial charge in [-0.3, -0.25) is 4.79 Å². The van der Waals surface area contributed by atoms with Gasteiger partial charge >= 0.3 is 0 Å². The Morgan fingerprint density at radius 1 is 1.32 bits per heavy atom. The summed E-state index contributed by atoms with van der Waals surface area (Å²) in [7, 11) is 1.70. The largest absolute Gasteiger partial charge is 0.397 e. The molecule has 0 fully saturated rings. The molecule has 0 saturated heterocycles. The highest BCUT2D eigenvalue weighted by Crippen LogP contribution is 2.29. The predicted molar refractivity (Wildman–Crippen MR) is 82.4 cm³/mol. The van der Waals surface area contributed by atoms with Crippen molar-refractivity contribution in [2.75, 3.05) is 17.7 Å². The van der Waals surface area contributed by atoms with E-state index in [1.54, 1.807) is 25.2 Å². The molecule has 0 spiro atoms. The van der Waals surface area contributed by atoms with E-state index in [2.05, 4.69) is 0 Å². The summed E-state index contributed by atoms with van der Waals surface area (Å²) in [5.74, 6) is -0.0739. The molecule has 0 aliphatic rings. The molecule has 0 aliphatic carbocycles. The fourth-order valence-corrected chi connectivity index (χ4v) is 2.94. The third-order valence-corrected chi connectivity index (χ3v) is 4.41. The molecule has 1 amide bonds. The molecule has 19 heavy (non-hydrogen) atoms. The number of rotatable bonds is 2. The number of hydrogen-bond acceptors (Lipinski definition) is 3. The van der Waals surface area contributed by atoms with Gasteiger partial charge in [0.05, 0.1) is 16.3 Å². The number of thiophene rings is 1. The van der Waals surface area contributed by atoms with Crippen LogP contribution in [0.1, 0.15) is 20.1 Å². The first-order chi connectivity index (χ1) is 8.90. The van der Waals surface area contributed by atoms with Gasteiger partial charge in [-0.05, 0) is 43.7 Å². The van der Waals surface area contributed by atoms with Crippen molar-refractivity contribution in [3.05, 3.63) is 44.6 Å². The van der Waals surface area contributed by atoms with Crippen LogP contribution >= 0.6 is 22.9 Å². The second kappa shape index (κ2) is 5.23. The van der Waals surface area contributed by atoms with Gasteiger partial charge < -0.3 is 10.6 Å². The lowest BCUT2D eigenvalue weighted by molar-refractivity contribution is 0.0997. The van der Waals surface area contributed by atoms with Crippen molar-refractivity contribution in [3.8, 4) is 0 Å².